The molecule has 9 atom stereocenters. The number of alkyl halides is 2. The van der Waals surface area contributed by atoms with Crippen LogP contribution in [0.25, 0.3) is 0 Å². The summed E-state index contributed by atoms with van der Waals surface area (Å²) in [6, 6.07) is 0.275. The molecule has 0 aliphatic heterocycles. The van der Waals surface area contributed by atoms with Crippen LogP contribution >= 0.6 is 45.2 Å². The summed E-state index contributed by atoms with van der Waals surface area (Å²) in [5.74, 6) is 5.33. The number of nitrogens with two attached hydrogens (primary N) is 1. The van der Waals surface area contributed by atoms with Crippen LogP contribution in [0.4, 0.5) is 0 Å². The molecule has 38 heavy (non-hydrogen) atoms. The number of H-pyrrole nitrogens is 1. The van der Waals surface area contributed by atoms with E-state index in [2.05, 4.69) is 87.7 Å². The molecule has 7 heteroatoms. The Morgan fingerprint density at radius 2 is 1.89 bits per heavy atom. The predicted octanol–water partition coefficient (Wildman–Crippen LogP) is 7.73. The number of rotatable bonds is 8. The highest BCUT2D eigenvalue weighted by Gasteiger charge is 2.61. The van der Waals surface area contributed by atoms with E-state index in [1.54, 1.807) is 6.33 Å². The van der Waals surface area contributed by atoms with Crippen molar-refractivity contribution in [2.75, 3.05) is 6.54 Å². The maximum atomic E-state index is 13.3. The van der Waals surface area contributed by atoms with Crippen molar-refractivity contribution in [1.29, 1.82) is 0 Å². The van der Waals surface area contributed by atoms with Crippen LogP contribution < -0.4 is 5.73 Å². The summed E-state index contributed by atoms with van der Waals surface area (Å²) in [5.41, 5.74) is 8.05. The van der Waals surface area contributed by atoms with Gasteiger partial charge < -0.3 is 15.6 Å². The second-order valence-electron chi connectivity index (χ2n) is 14.0. The van der Waals surface area contributed by atoms with Crippen LogP contribution in [0.1, 0.15) is 104 Å². The van der Waals surface area contributed by atoms with Gasteiger partial charge in [0, 0.05) is 24.4 Å². The van der Waals surface area contributed by atoms with Gasteiger partial charge in [0.05, 0.1) is 12.9 Å². The van der Waals surface area contributed by atoms with E-state index in [9.17, 15) is 4.79 Å². The van der Waals surface area contributed by atoms with Crippen molar-refractivity contribution in [2.45, 2.75) is 112 Å². The number of aromatic amines is 1. The molecule has 0 bridgehead atoms. The fraction of sp³-hybridized carbons (Fsp3) is 0.871. The van der Waals surface area contributed by atoms with E-state index < -0.39 is 0 Å². The largest absolute Gasteiger partial charge is 0.348 e. The number of nitrogens with one attached hydrogen (secondary N) is 1. The Labute approximate surface area is 258 Å². The average Bonchev–Trinajstić information content (AvgIpc) is 3.50. The van der Waals surface area contributed by atoms with Gasteiger partial charge in [-0.15, -0.1) is 0 Å². The first-order valence-corrected chi connectivity index (χ1v) is 17.6. The number of carbonyl (C=O) groups excluding carboxylic acids is 1. The third-order valence-corrected chi connectivity index (χ3v) is 14.1. The van der Waals surface area contributed by atoms with Gasteiger partial charge in [0.25, 0.3) is 0 Å². The van der Waals surface area contributed by atoms with Gasteiger partial charge in [-0.3, -0.25) is 4.79 Å². The topological polar surface area (TPSA) is 75.0 Å². The minimum Gasteiger partial charge on any atom is -0.348 e. The van der Waals surface area contributed by atoms with Gasteiger partial charge in [-0.05, 0) is 149 Å². The number of imidazole rings is 1. The fourth-order valence-electron chi connectivity index (χ4n) is 10.5. The van der Waals surface area contributed by atoms with Crippen LogP contribution in [-0.4, -0.2) is 34.9 Å². The summed E-state index contributed by atoms with van der Waals surface area (Å²) >= 11 is 4.96. The molecule has 0 radical (unpaired) electrons. The Morgan fingerprint density at radius 1 is 1.16 bits per heavy atom. The normalized spacial score (nSPS) is 39.7. The molecule has 4 aliphatic rings. The lowest BCUT2D eigenvalue weighted by atomic mass is 9.44. The Kier molecular flexibility index (Phi) is 8.88. The number of amides is 1. The molecule has 1 aromatic rings. The molecule has 4 fully saturated rings. The van der Waals surface area contributed by atoms with Crippen LogP contribution in [0.15, 0.2) is 12.5 Å². The molecule has 0 saturated heterocycles. The first-order chi connectivity index (χ1) is 18.0. The Bertz CT molecular complexity index is 969. The molecule has 214 valence electrons. The average molecular weight is 749 g/mol. The number of hydrogen-bond donors (Lipinski definition) is 2. The van der Waals surface area contributed by atoms with Crippen molar-refractivity contribution < 1.29 is 4.79 Å². The highest BCUT2D eigenvalue weighted by Crippen LogP contribution is 2.68. The zero-order valence-corrected chi connectivity index (χ0v) is 28.3. The molecule has 1 heterocycles. The monoisotopic (exact) mass is 748 g/mol. The quantitative estimate of drug-likeness (QED) is 0.163. The van der Waals surface area contributed by atoms with E-state index in [1.807, 2.05) is 6.20 Å². The second kappa shape index (κ2) is 11.4. The predicted molar refractivity (Wildman–Crippen MR) is 172 cm³/mol. The van der Waals surface area contributed by atoms with Gasteiger partial charge in [0.15, 0.2) is 1.55 Å². The van der Waals surface area contributed by atoms with Crippen LogP contribution in [0.3, 0.4) is 0 Å². The highest BCUT2D eigenvalue weighted by molar-refractivity contribution is 14.2. The van der Waals surface area contributed by atoms with Gasteiger partial charge in [-0.25, -0.2) is 4.98 Å². The minimum absolute atomic E-state index is 0.0811. The van der Waals surface area contributed by atoms with Crippen molar-refractivity contribution in [2.24, 2.45) is 52.1 Å². The molecule has 0 aromatic carbocycles. The number of aromatic nitrogens is 2. The highest BCUT2D eigenvalue weighted by atomic mass is 127. The molecule has 4 saturated carbocycles. The van der Waals surface area contributed by atoms with Gasteiger partial charge in [0.2, 0.25) is 5.91 Å². The second-order valence-corrected chi connectivity index (χ2v) is 19.6. The molecule has 5 unspecified atom stereocenters. The van der Waals surface area contributed by atoms with Gasteiger partial charge in [-0.1, -0.05) is 40.5 Å². The summed E-state index contributed by atoms with van der Waals surface area (Å²) < 4.78 is -0.352. The Balaban J connectivity index is 1.32. The van der Waals surface area contributed by atoms with Crippen LogP contribution in [-0.2, 0) is 11.2 Å². The zero-order chi connectivity index (χ0) is 27.3. The van der Waals surface area contributed by atoms with Gasteiger partial charge >= 0.3 is 0 Å². The van der Waals surface area contributed by atoms with E-state index in [4.69, 9.17) is 5.73 Å². The summed E-state index contributed by atoms with van der Waals surface area (Å²) in [5, 5.41) is 0. The summed E-state index contributed by atoms with van der Waals surface area (Å²) in [6.07, 6.45) is 19.1. The van der Waals surface area contributed by atoms with Crippen LogP contribution in [0.5, 0.6) is 0 Å². The van der Waals surface area contributed by atoms with Crippen molar-refractivity contribution in [3.8, 4) is 0 Å². The number of fused-ring (bicyclic) bond motifs is 5. The molecule has 1 amide bonds. The molecule has 4 aliphatic carbocycles. The van der Waals surface area contributed by atoms with Crippen molar-refractivity contribution in [3.63, 3.8) is 0 Å². The lowest BCUT2D eigenvalue weighted by molar-refractivity contribution is -0.143. The van der Waals surface area contributed by atoms with Crippen molar-refractivity contribution in [1.82, 2.24) is 14.9 Å². The summed E-state index contributed by atoms with van der Waals surface area (Å²) in [6.45, 7) is 10.3. The van der Waals surface area contributed by atoms with E-state index in [-0.39, 0.29) is 20.0 Å². The molecular weight excluding hydrogens is 698 g/mol. The number of nitrogens with zero attached hydrogens (tertiary/aromatic N) is 2. The molecule has 5 rings (SSSR count). The maximum absolute atomic E-state index is 13.3. The SMILES string of the molecule is CCC[C@@H](C)[C@H]1CCC2C3CCC4CC(N(C(=O)CN)C(I)(I)Cc5cnc[nH]5)CC[C@]4(C)C3CC[C@@]21C. The molecule has 5 nitrogen and oxygen atoms in total. The first kappa shape index (κ1) is 29.6. The lowest BCUT2D eigenvalue weighted by Crippen LogP contribution is -2.59. The van der Waals surface area contributed by atoms with Crippen molar-refractivity contribution in [3.05, 3.63) is 18.2 Å². The molecule has 3 N–H and O–H groups in total. The van der Waals surface area contributed by atoms with E-state index >= 15 is 0 Å². The molecule has 1 aromatic heterocycles. The Morgan fingerprint density at radius 3 is 2.58 bits per heavy atom. The lowest BCUT2D eigenvalue weighted by Gasteiger charge is -2.62. The standard InChI is InChI=1S/C31H50I2N4O/c1-5-6-20(2)25-9-10-26-24-8-7-21-15-23(11-13-29(21,3)27(24)12-14-30(25,26)4)37(28(38)17-34)31(32,33)16-22-18-35-19-36-22/h18-21,23-27H,5-17,34H2,1-4H3,(H,35,36)/t20-,21?,23?,24?,25-,26?,27?,29+,30-/m1/s1. The van der Waals surface area contributed by atoms with E-state index in [0.29, 0.717) is 16.7 Å². The first-order valence-electron chi connectivity index (χ1n) is 15.4. The van der Waals surface area contributed by atoms with Crippen LogP contribution in [0.2, 0.25) is 0 Å². The molecule has 0 spiro atoms. The van der Waals surface area contributed by atoms with E-state index in [1.165, 1.54) is 57.8 Å². The summed E-state index contributed by atoms with van der Waals surface area (Å²) in [4.78, 5) is 22.9. The van der Waals surface area contributed by atoms with Gasteiger partial charge in [-0.2, -0.15) is 0 Å². The minimum atomic E-state index is -0.352. The number of halogens is 2. The van der Waals surface area contributed by atoms with Crippen LogP contribution in [0, 0.1) is 46.3 Å². The van der Waals surface area contributed by atoms with Crippen molar-refractivity contribution >= 4 is 51.1 Å². The van der Waals surface area contributed by atoms with Gasteiger partial charge in [0.1, 0.15) is 0 Å². The zero-order valence-electron chi connectivity index (χ0n) is 24.0. The third kappa shape index (κ3) is 5.13. The Hall–Kier alpha value is 0.1000. The summed E-state index contributed by atoms with van der Waals surface area (Å²) in [7, 11) is 0. The third-order valence-electron chi connectivity index (χ3n) is 12.3. The van der Waals surface area contributed by atoms with E-state index in [0.717, 1.165) is 54.5 Å². The maximum Gasteiger partial charge on any atom is 0.238 e. The number of hydrogen-bond acceptors (Lipinski definition) is 3. The molecular formula is C31H50I2N4O. The number of carbonyl (C=O) groups is 1. The fourth-order valence-corrected chi connectivity index (χ4v) is 12.7. The smallest absolute Gasteiger partial charge is 0.238 e.